The van der Waals surface area contributed by atoms with E-state index < -0.39 is 49.1 Å². The van der Waals surface area contributed by atoms with Crippen LogP contribution in [0.2, 0.25) is 10.0 Å². The van der Waals surface area contributed by atoms with E-state index in [0.29, 0.717) is 43.2 Å². The Balaban J connectivity index is 1.72. The number of hydrogen-bond acceptors (Lipinski definition) is 8. The number of para-hydroxylation sites is 2. The highest BCUT2D eigenvalue weighted by molar-refractivity contribution is 6.43. The maximum absolute atomic E-state index is 13.4. The zero-order valence-corrected chi connectivity index (χ0v) is 22.1. The van der Waals surface area contributed by atoms with Crippen molar-refractivity contribution in [2.75, 3.05) is 13.7 Å². The molecule has 0 bridgehead atoms. The molecule has 3 aromatic carbocycles. The van der Waals surface area contributed by atoms with Crippen LogP contribution in [-0.4, -0.2) is 85.1 Å². The fourth-order valence-corrected chi connectivity index (χ4v) is 6.73. The van der Waals surface area contributed by atoms with Crippen LogP contribution >= 0.6 is 23.2 Å². The Morgan fingerprint density at radius 2 is 1.57 bits per heavy atom. The number of benzene rings is 3. The Morgan fingerprint density at radius 1 is 0.925 bits per heavy atom. The number of ether oxygens (including phenoxy) is 2. The Bertz CT molecular complexity index is 1910. The Kier molecular flexibility index (Phi) is 5.70. The molecule has 2 aromatic heterocycles. The lowest BCUT2D eigenvalue weighted by Gasteiger charge is -2.42. The van der Waals surface area contributed by atoms with E-state index in [4.69, 9.17) is 32.7 Å². The summed E-state index contributed by atoms with van der Waals surface area (Å²) in [7, 11) is 1.33. The number of hydrogen-bond donors (Lipinski definition) is 5. The molecule has 2 aliphatic rings. The molecule has 2 aliphatic heterocycles. The van der Waals surface area contributed by atoms with Gasteiger partial charge in [0.2, 0.25) is 0 Å². The number of aromatic amines is 1. The van der Waals surface area contributed by atoms with Crippen molar-refractivity contribution in [3.8, 4) is 0 Å². The lowest BCUT2D eigenvalue weighted by atomic mass is 9.96. The Morgan fingerprint density at radius 3 is 2.25 bits per heavy atom. The second-order valence-corrected chi connectivity index (χ2v) is 10.7. The van der Waals surface area contributed by atoms with Gasteiger partial charge in [-0.2, -0.15) is 0 Å². The summed E-state index contributed by atoms with van der Waals surface area (Å²) >= 11 is 13.2. The van der Waals surface area contributed by atoms with Crippen LogP contribution in [0.4, 0.5) is 0 Å². The number of methoxy groups -OCH3 is 1. The zero-order valence-electron chi connectivity index (χ0n) is 20.6. The summed E-state index contributed by atoms with van der Waals surface area (Å²) in [5.74, 6) is -1.83. The molecule has 4 heterocycles. The van der Waals surface area contributed by atoms with E-state index in [-0.39, 0.29) is 26.6 Å². The number of amides is 2. The lowest BCUT2D eigenvalue weighted by Crippen LogP contribution is -2.57. The molecular weight excluding hydrogens is 565 g/mol. The molecule has 0 aliphatic carbocycles. The quantitative estimate of drug-likeness (QED) is 0.159. The van der Waals surface area contributed by atoms with Gasteiger partial charge in [-0.1, -0.05) is 47.5 Å². The van der Waals surface area contributed by atoms with Gasteiger partial charge in [-0.05, 0) is 12.1 Å². The van der Waals surface area contributed by atoms with Gasteiger partial charge in [0.15, 0.2) is 6.23 Å². The average molecular weight is 586 g/mol. The first-order valence-electron chi connectivity index (χ1n) is 12.3. The molecule has 0 saturated carbocycles. The minimum absolute atomic E-state index is 0.0135. The number of hydroxylamine groups is 2. The van der Waals surface area contributed by atoms with Crippen molar-refractivity contribution in [2.24, 2.45) is 0 Å². The van der Waals surface area contributed by atoms with Crippen molar-refractivity contribution in [1.82, 2.24) is 14.6 Å². The Hall–Kier alpha value is -3.26. The van der Waals surface area contributed by atoms with E-state index in [1.165, 1.54) is 7.11 Å². The number of carbonyl (C=O) groups is 2. The van der Waals surface area contributed by atoms with Crippen LogP contribution in [0, 0.1) is 0 Å². The second-order valence-electron chi connectivity index (χ2n) is 9.87. The predicted octanol–water partition coefficient (Wildman–Crippen LogP) is 3.35. The average Bonchev–Trinajstić information content (AvgIpc) is 3.56. The first kappa shape index (κ1) is 25.7. The number of carbonyl (C=O) groups excluding carboxylic acids is 2. The van der Waals surface area contributed by atoms with E-state index in [0.717, 1.165) is 0 Å². The molecule has 1 saturated heterocycles. The van der Waals surface area contributed by atoms with Gasteiger partial charge in [-0.3, -0.25) is 14.8 Å². The van der Waals surface area contributed by atoms with Crippen LogP contribution in [0.3, 0.4) is 0 Å². The van der Waals surface area contributed by atoms with Crippen LogP contribution in [0.15, 0.2) is 36.4 Å². The number of halogens is 2. The SMILES string of the molecule is CO[C@H]1[C@@H](O)[C@@H](O)C(n2c3c(Cl)cccc3c3c4c(c5c6cccc(Cl)c6[nH]c5c32)C(=O)N(O)C4=O)O[C@@H]1CO. The molecule has 7 rings (SSSR count). The molecule has 1 unspecified atom stereocenters. The molecule has 0 radical (unpaired) electrons. The van der Waals surface area contributed by atoms with Gasteiger partial charge in [0.1, 0.15) is 24.4 Å². The number of aliphatic hydroxyl groups excluding tert-OH is 3. The molecule has 5 aromatic rings. The smallest absolute Gasteiger partial charge is 0.286 e. The monoisotopic (exact) mass is 585 g/mol. The molecular formula is C27H21Cl2N3O8. The molecule has 5 atom stereocenters. The highest BCUT2D eigenvalue weighted by Crippen LogP contribution is 2.48. The summed E-state index contributed by atoms with van der Waals surface area (Å²) < 4.78 is 13.0. The van der Waals surface area contributed by atoms with Gasteiger partial charge in [-0.25, -0.2) is 0 Å². The summed E-state index contributed by atoms with van der Waals surface area (Å²) in [6.45, 7) is -0.525. The third kappa shape index (κ3) is 3.11. The van der Waals surface area contributed by atoms with Crippen LogP contribution < -0.4 is 0 Å². The van der Waals surface area contributed by atoms with E-state index in [1.807, 2.05) is 0 Å². The van der Waals surface area contributed by atoms with Gasteiger partial charge in [-0.15, -0.1) is 5.06 Å². The highest BCUT2D eigenvalue weighted by Gasteiger charge is 2.48. The van der Waals surface area contributed by atoms with Gasteiger partial charge in [0.05, 0.1) is 49.8 Å². The first-order valence-corrected chi connectivity index (χ1v) is 13.1. The van der Waals surface area contributed by atoms with Gasteiger partial charge < -0.3 is 34.3 Å². The van der Waals surface area contributed by atoms with E-state index in [1.54, 1.807) is 41.0 Å². The normalized spacial score (nSPS) is 25.3. The third-order valence-electron chi connectivity index (χ3n) is 7.92. The summed E-state index contributed by atoms with van der Waals surface area (Å²) in [6, 6.07) is 10.0. The van der Waals surface area contributed by atoms with Crippen molar-refractivity contribution >= 4 is 78.6 Å². The number of fused-ring (bicyclic) bond motifs is 10. The molecule has 206 valence electrons. The van der Waals surface area contributed by atoms with Crippen LogP contribution in [0.5, 0.6) is 0 Å². The second kappa shape index (κ2) is 8.87. The van der Waals surface area contributed by atoms with E-state index >= 15 is 0 Å². The van der Waals surface area contributed by atoms with Crippen molar-refractivity contribution in [2.45, 2.75) is 30.6 Å². The van der Waals surface area contributed by atoms with Crippen molar-refractivity contribution in [1.29, 1.82) is 0 Å². The summed E-state index contributed by atoms with van der Waals surface area (Å²) in [4.78, 5) is 30.0. The number of H-pyrrole nitrogens is 1. The minimum Gasteiger partial charge on any atom is -0.394 e. The maximum atomic E-state index is 13.4. The summed E-state index contributed by atoms with van der Waals surface area (Å²) in [5.41, 5.74) is 1.41. The maximum Gasteiger partial charge on any atom is 0.286 e. The lowest BCUT2D eigenvalue weighted by molar-refractivity contribution is -0.255. The molecule has 11 nitrogen and oxygen atoms in total. The van der Waals surface area contributed by atoms with Gasteiger partial charge in [0.25, 0.3) is 11.8 Å². The topological polar surface area (TPSA) is 157 Å². The molecule has 40 heavy (non-hydrogen) atoms. The molecule has 0 spiro atoms. The highest BCUT2D eigenvalue weighted by atomic mass is 35.5. The van der Waals surface area contributed by atoms with Gasteiger partial charge in [0, 0.05) is 28.7 Å². The standard InChI is InChI=1S/C27H21Cl2N3O8/c1-39-24-13(8-33)40-27(23(35)22(24)34)31-20-10(5-3-7-12(20)29)15-17-16(25(36)32(38)26(17)37)14-9-4-2-6-11(28)18(9)30-19(14)21(15)31/h2-7,13,22-24,27,30,33-35,38H,8H2,1H3/t13-,22+,23-,24-,27?/m1/s1. The number of nitrogens with zero attached hydrogens (tertiary/aromatic N) is 2. The van der Waals surface area contributed by atoms with E-state index in [9.17, 15) is 30.1 Å². The number of nitrogens with one attached hydrogen (secondary N) is 1. The van der Waals surface area contributed by atoms with Crippen LogP contribution in [0.1, 0.15) is 26.9 Å². The third-order valence-corrected chi connectivity index (χ3v) is 8.54. The van der Waals surface area contributed by atoms with Gasteiger partial charge >= 0.3 is 0 Å². The molecule has 2 amide bonds. The van der Waals surface area contributed by atoms with E-state index in [2.05, 4.69) is 4.98 Å². The number of aliphatic hydroxyl groups is 3. The zero-order chi connectivity index (χ0) is 28.2. The summed E-state index contributed by atoms with van der Waals surface area (Å²) in [6.07, 6.45) is -6.40. The van der Waals surface area contributed by atoms with Crippen molar-refractivity contribution < 1.29 is 39.6 Å². The van der Waals surface area contributed by atoms with Crippen molar-refractivity contribution in [3.05, 3.63) is 57.6 Å². The predicted molar refractivity (Wildman–Crippen MR) is 145 cm³/mol. The molecule has 13 heteroatoms. The summed E-state index contributed by atoms with van der Waals surface area (Å²) in [5, 5.41) is 45.0. The fraction of sp³-hybridized carbons (Fsp3) is 0.259. The Labute approximate surface area is 234 Å². The molecule has 1 fully saturated rings. The fourth-order valence-electron chi connectivity index (χ4n) is 6.25. The van der Waals surface area contributed by atoms with Crippen LogP contribution in [0.25, 0.3) is 43.6 Å². The van der Waals surface area contributed by atoms with Crippen molar-refractivity contribution in [3.63, 3.8) is 0 Å². The largest absolute Gasteiger partial charge is 0.394 e. The minimum atomic E-state index is -1.56. The number of rotatable bonds is 3. The number of aromatic nitrogens is 2. The molecule has 5 N–H and O–H groups in total. The van der Waals surface area contributed by atoms with Crippen LogP contribution in [-0.2, 0) is 9.47 Å². The first-order chi connectivity index (χ1) is 19.2. The number of imide groups is 1.